The quantitative estimate of drug-likeness (QED) is 0.835. The zero-order valence-electron chi connectivity index (χ0n) is 14.3. The second-order valence-corrected chi connectivity index (χ2v) is 6.99. The number of carbonyl (C=O) groups excluding carboxylic acids is 1. The Kier molecular flexibility index (Phi) is 5.91. The minimum absolute atomic E-state index is 0.000724. The Labute approximate surface area is 157 Å². The van der Waals surface area contributed by atoms with E-state index >= 15 is 0 Å². The number of amides is 1. The zero-order valence-corrected chi connectivity index (χ0v) is 15.1. The fourth-order valence-corrected chi connectivity index (χ4v) is 3.27. The molecule has 0 atom stereocenters. The lowest BCUT2D eigenvalue weighted by molar-refractivity contribution is -0.121. The molecule has 1 heterocycles. The van der Waals surface area contributed by atoms with Gasteiger partial charge >= 0.3 is 5.97 Å². The highest BCUT2D eigenvalue weighted by atomic mass is 35.5. The lowest BCUT2D eigenvalue weighted by atomic mass is 9.95. The van der Waals surface area contributed by atoms with Gasteiger partial charge in [-0.1, -0.05) is 23.7 Å². The van der Waals surface area contributed by atoms with Crippen LogP contribution in [0.5, 0.6) is 0 Å². The summed E-state index contributed by atoms with van der Waals surface area (Å²) in [5.41, 5.74) is 2.05. The van der Waals surface area contributed by atoms with Crippen molar-refractivity contribution < 1.29 is 14.7 Å². The van der Waals surface area contributed by atoms with Gasteiger partial charge in [0, 0.05) is 23.2 Å². The van der Waals surface area contributed by atoms with Crippen molar-refractivity contribution in [2.24, 2.45) is 5.92 Å². The van der Waals surface area contributed by atoms with Gasteiger partial charge in [-0.15, -0.1) is 0 Å². The molecule has 26 heavy (non-hydrogen) atoms. The molecule has 2 N–H and O–H groups in total. The van der Waals surface area contributed by atoms with Crippen molar-refractivity contribution in [3.8, 4) is 0 Å². The summed E-state index contributed by atoms with van der Waals surface area (Å²) in [6, 6.07) is 14.1. The Balaban J connectivity index is 1.48. The summed E-state index contributed by atoms with van der Waals surface area (Å²) >= 11 is 5.91. The topological polar surface area (TPSA) is 69.6 Å². The maximum Gasteiger partial charge on any atom is 0.335 e. The van der Waals surface area contributed by atoms with Crippen LogP contribution >= 0.6 is 11.6 Å². The number of piperidine rings is 1. The van der Waals surface area contributed by atoms with Crippen molar-refractivity contribution in [3.63, 3.8) is 0 Å². The van der Waals surface area contributed by atoms with E-state index in [2.05, 4.69) is 10.2 Å². The molecule has 0 saturated carbocycles. The predicted octanol–water partition coefficient (Wildman–Crippen LogP) is 3.89. The number of carbonyl (C=O) groups is 2. The Bertz CT molecular complexity index is 767. The van der Waals surface area contributed by atoms with Crippen LogP contribution in [-0.2, 0) is 11.3 Å². The number of anilines is 1. The summed E-state index contributed by atoms with van der Waals surface area (Å²) in [7, 11) is 0. The third-order valence-corrected chi connectivity index (χ3v) is 4.93. The van der Waals surface area contributed by atoms with Crippen LogP contribution in [0.15, 0.2) is 48.5 Å². The van der Waals surface area contributed by atoms with Gasteiger partial charge < -0.3 is 10.4 Å². The summed E-state index contributed by atoms with van der Waals surface area (Å²) in [4.78, 5) is 25.6. The van der Waals surface area contributed by atoms with Crippen LogP contribution in [-0.4, -0.2) is 35.0 Å². The molecule has 1 aliphatic rings. The summed E-state index contributed by atoms with van der Waals surface area (Å²) in [5.74, 6) is -0.995. The van der Waals surface area contributed by atoms with E-state index in [1.165, 1.54) is 17.7 Å². The molecule has 0 bridgehead atoms. The molecular formula is C20H21ClN2O3. The minimum atomic E-state index is -0.976. The van der Waals surface area contributed by atoms with E-state index in [0.29, 0.717) is 5.69 Å². The van der Waals surface area contributed by atoms with Gasteiger partial charge in [0.15, 0.2) is 0 Å². The number of hydrogen-bond acceptors (Lipinski definition) is 3. The number of likely N-dealkylation sites (tertiary alicyclic amines) is 1. The van der Waals surface area contributed by atoms with Gasteiger partial charge in [0.2, 0.25) is 5.91 Å². The Morgan fingerprint density at radius 3 is 2.23 bits per heavy atom. The number of rotatable bonds is 5. The van der Waals surface area contributed by atoms with E-state index in [1.54, 1.807) is 12.1 Å². The molecule has 3 rings (SSSR count). The maximum absolute atomic E-state index is 12.4. The first-order valence-electron chi connectivity index (χ1n) is 8.62. The third-order valence-electron chi connectivity index (χ3n) is 4.68. The second-order valence-electron chi connectivity index (χ2n) is 6.55. The Hall–Kier alpha value is -2.37. The van der Waals surface area contributed by atoms with Gasteiger partial charge in [0.1, 0.15) is 0 Å². The largest absolute Gasteiger partial charge is 0.478 e. The lowest BCUT2D eigenvalue weighted by Gasteiger charge is -2.31. The van der Waals surface area contributed by atoms with Gasteiger partial charge in [-0.2, -0.15) is 0 Å². The molecule has 2 aromatic carbocycles. The average molecular weight is 373 g/mol. The van der Waals surface area contributed by atoms with Crippen molar-refractivity contribution in [3.05, 3.63) is 64.7 Å². The van der Waals surface area contributed by atoms with Crippen LogP contribution in [0.2, 0.25) is 5.02 Å². The van der Waals surface area contributed by atoms with Crippen molar-refractivity contribution in [1.82, 2.24) is 4.90 Å². The summed E-state index contributed by atoms with van der Waals surface area (Å²) in [5, 5.41) is 12.5. The predicted molar refractivity (Wildman–Crippen MR) is 101 cm³/mol. The molecule has 1 saturated heterocycles. The second kappa shape index (κ2) is 8.34. The van der Waals surface area contributed by atoms with Crippen LogP contribution in [0.4, 0.5) is 5.69 Å². The standard InChI is InChI=1S/C20H21ClN2O3/c21-17-5-1-14(2-6-17)13-23-11-9-15(10-12-23)19(24)22-18-7-3-16(4-8-18)20(25)26/h1-8,15H,9-13H2,(H,22,24)(H,25,26). The molecule has 1 fully saturated rings. The number of carboxylic acids is 1. The van der Waals surface area contributed by atoms with Gasteiger partial charge in [0.05, 0.1) is 5.56 Å². The molecule has 0 spiro atoms. The van der Waals surface area contributed by atoms with Gasteiger partial charge in [-0.25, -0.2) is 4.79 Å². The molecule has 0 unspecified atom stereocenters. The Morgan fingerprint density at radius 2 is 1.65 bits per heavy atom. The normalized spacial score (nSPS) is 15.6. The number of benzene rings is 2. The van der Waals surface area contributed by atoms with Crippen LogP contribution in [0.3, 0.4) is 0 Å². The van der Waals surface area contributed by atoms with E-state index in [4.69, 9.17) is 16.7 Å². The molecule has 0 radical (unpaired) electrons. The first-order chi connectivity index (χ1) is 12.5. The first-order valence-corrected chi connectivity index (χ1v) is 9.00. The number of nitrogens with one attached hydrogen (secondary N) is 1. The summed E-state index contributed by atoms with van der Waals surface area (Å²) in [6.07, 6.45) is 1.62. The van der Waals surface area contributed by atoms with Crippen LogP contribution in [0, 0.1) is 5.92 Å². The number of nitrogens with zero attached hydrogens (tertiary/aromatic N) is 1. The molecule has 0 aromatic heterocycles. The molecule has 2 aromatic rings. The van der Waals surface area contributed by atoms with Gasteiger partial charge in [-0.05, 0) is 67.9 Å². The highest BCUT2D eigenvalue weighted by Crippen LogP contribution is 2.21. The summed E-state index contributed by atoms with van der Waals surface area (Å²) in [6.45, 7) is 2.61. The number of aromatic carboxylic acids is 1. The van der Waals surface area contributed by atoms with Crippen LogP contribution < -0.4 is 5.32 Å². The molecule has 0 aliphatic carbocycles. The molecule has 1 aliphatic heterocycles. The van der Waals surface area contributed by atoms with E-state index in [0.717, 1.165) is 37.5 Å². The lowest BCUT2D eigenvalue weighted by Crippen LogP contribution is -2.37. The number of halogens is 1. The fourth-order valence-electron chi connectivity index (χ4n) is 3.14. The minimum Gasteiger partial charge on any atom is -0.478 e. The fraction of sp³-hybridized carbons (Fsp3) is 0.300. The Morgan fingerprint density at radius 1 is 1.04 bits per heavy atom. The first kappa shape index (κ1) is 18.4. The van der Waals surface area contributed by atoms with Crippen molar-refractivity contribution >= 4 is 29.2 Å². The van der Waals surface area contributed by atoms with E-state index in [-0.39, 0.29) is 17.4 Å². The van der Waals surface area contributed by atoms with Crippen molar-refractivity contribution in [1.29, 1.82) is 0 Å². The molecule has 5 nitrogen and oxygen atoms in total. The molecule has 1 amide bonds. The highest BCUT2D eigenvalue weighted by molar-refractivity contribution is 6.30. The smallest absolute Gasteiger partial charge is 0.335 e. The highest BCUT2D eigenvalue weighted by Gasteiger charge is 2.25. The van der Waals surface area contributed by atoms with E-state index in [1.807, 2.05) is 24.3 Å². The van der Waals surface area contributed by atoms with Crippen molar-refractivity contribution in [2.75, 3.05) is 18.4 Å². The summed E-state index contributed by atoms with van der Waals surface area (Å²) < 4.78 is 0. The number of carboxylic acid groups (broad SMARTS) is 1. The van der Waals surface area contributed by atoms with Gasteiger partial charge in [-0.3, -0.25) is 9.69 Å². The van der Waals surface area contributed by atoms with Crippen LogP contribution in [0.1, 0.15) is 28.8 Å². The van der Waals surface area contributed by atoms with Crippen LogP contribution in [0.25, 0.3) is 0 Å². The molecular weight excluding hydrogens is 352 g/mol. The zero-order chi connectivity index (χ0) is 18.5. The molecule has 136 valence electrons. The van der Waals surface area contributed by atoms with Crippen molar-refractivity contribution in [2.45, 2.75) is 19.4 Å². The van der Waals surface area contributed by atoms with Gasteiger partial charge in [0.25, 0.3) is 0 Å². The average Bonchev–Trinajstić information content (AvgIpc) is 2.64. The van der Waals surface area contributed by atoms with E-state index in [9.17, 15) is 9.59 Å². The van der Waals surface area contributed by atoms with E-state index < -0.39 is 5.97 Å². The SMILES string of the molecule is O=C(O)c1ccc(NC(=O)C2CCN(Cc3ccc(Cl)cc3)CC2)cc1. The number of hydrogen-bond donors (Lipinski definition) is 2. The molecule has 6 heteroatoms. The monoisotopic (exact) mass is 372 g/mol. The third kappa shape index (κ3) is 4.84. The maximum atomic E-state index is 12.4.